The Morgan fingerprint density at radius 3 is 2.76 bits per heavy atom. The smallest absolute Gasteiger partial charge is 0.264 e. The van der Waals surface area contributed by atoms with E-state index < -0.39 is 39.0 Å². The number of carbonyl (C=O) groups excluding carboxylic acids is 2. The van der Waals surface area contributed by atoms with Crippen LogP contribution in [0.5, 0.6) is 5.75 Å². The molecule has 0 radical (unpaired) electrons. The quantitative estimate of drug-likeness (QED) is 0.398. The molecule has 12 heteroatoms. The van der Waals surface area contributed by atoms with Gasteiger partial charge in [-0.3, -0.25) is 14.5 Å². The van der Waals surface area contributed by atoms with E-state index in [4.69, 9.17) is 16.3 Å². The van der Waals surface area contributed by atoms with Crippen LogP contribution in [0.2, 0.25) is 5.02 Å². The molecule has 4 aliphatic rings. The molecule has 50 heavy (non-hydrogen) atoms. The zero-order valence-corrected chi connectivity index (χ0v) is 31.2. The van der Waals surface area contributed by atoms with Gasteiger partial charge in [-0.1, -0.05) is 44.0 Å². The highest BCUT2D eigenvalue weighted by Crippen LogP contribution is 2.45. The highest BCUT2D eigenvalue weighted by Gasteiger charge is 2.45. The van der Waals surface area contributed by atoms with Crippen LogP contribution in [0.1, 0.15) is 87.2 Å². The molecule has 1 aliphatic carbocycles. The Bertz CT molecular complexity index is 1750. The van der Waals surface area contributed by atoms with Gasteiger partial charge in [-0.25, -0.2) is 17.5 Å². The van der Waals surface area contributed by atoms with E-state index in [-0.39, 0.29) is 29.3 Å². The molecular weight excluding hydrogens is 679 g/mol. The molecule has 3 aliphatic heterocycles. The van der Waals surface area contributed by atoms with Gasteiger partial charge in [-0.05, 0) is 106 Å². The van der Waals surface area contributed by atoms with E-state index in [0.29, 0.717) is 49.2 Å². The number of carbonyl (C=O) groups is 2. The fourth-order valence-corrected chi connectivity index (χ4v) is 9.70. The van der Waals surface area contributed by atoms with Gasteiger partial charge in [-0.15, -0.1) is 0 Å². The lowest BCUT2D eigenvalue weighted by atomic mass is 9.70. The van der Waals surface area contributed by atoms with Crippen molar-refractivity contribution in [2.45, 2.75) is 94.9 Å². The van der Waals surface area contributed by atoms with Crippen LogP contribution in [0.25, 0.3) is 0 Å². The maximum atomic E-state index is 16.6. The van der Waals surface area contributed by atoms with Gasteiger partial charge in [0, 0.05) is 48.7 Å². The number of fused-ring (bicyclic) bond motifs is 4. The number of benzene rings is 2. The van der Waals surface area contributed by atoms with E-state index >= 15 is 4.39 Å². The minimum atomic E-state index is -4.11. The Morgan fingerprint density at radius 2 is 1.98 bits per heavy atom. The molecule has 1 N–H and O–H groups in total. The Morgan fingerprint density at radius 1 is 1.18 bits per heavy atom. The van der Waals surface area contributed by atoms with Gasteiger partial charge >= 0.3 is 0 Å². The molecule has 2 aromatic rings. The molecule has 0 aromatic heterocycles. The highest BCUT2D eigenvalue weighted by atomic mass is 35.5. The number of anilines is 1. The van der Waals surface area contributed by atoms with Crippen LogP contribution in [-0.4, -0.2) is 87.2 Å². The lowest BCUT2D eigenvalue weighted by Gasteiger charge is -2.42. The second-order valence-corrected chi connectivity index (χ2v) is 17.3. The van der Waals surface area contributed by atoms with Crippen LogP contribution in [0.3, 0.4) is 0 Å². The predicted molar refractivity (Wildman–Crippen MR) is 195 cm³/mol. The van der Waals surface area contributed by atoms with Gasteiger partial charge in [0.25, 0.3) is 5.91 Å². The summed E-state index contributed by atoms with van der Waals surface area (Å²) in [6, 6.07) is 9.84. The maximum Gasteiger partial charge on any atom is 0.264 e. The summed E-state index contributed by atoms with van der Waals surface area (Å²) in [4.78, 5) is 33.5. The number of nitrogens with zero attached hydrogens (tertiary/aromatic N) is 3. The molecular formula is C38H50ClFN4O5S. The number of hydrogen-bond acceptors (Lipinski definition) is 7. The molecule has 2 aromatic carbocycles. The van der Waals surface area contributed by atoms with Gasteiger partial charge < -0.3 is 14.5 Å². The lowest BCUT2D eigenvalue weighted by molar-refractivity contribution is -0.135. The molecule has 0 saturated carbocycles. The van der Waals surface area contributed by atoms with Crippen LogP contribution >= 0.6 is 11.6 Å². The molecule has 3 heterocycles. The standard InChI is InChI=1S/C38H50ClFN4O5S/c1-5-6-18-42(4)37(46)35-32(40)15-11-25(2)26(3)50(47,48)41-36(45)28-12-16-34-33(21-28)43(22-30-10-8-19-44(30)35)23-38(24-49-34)17-7-9-27-20-29(39)13-14-31(27)38/h12-16,20-21,25-26,30,35H,5-11,17-19,22-24H2,1-4H3,(H,41,45)/b32-15-/t25-,26+,30-,35+,38-/m0/s1. The average molecular weight is 729 g/mol. The molecule has 272 valence electrons. The van der Waals surface area contributed by atoms with Gasteiger partial charge in [0.1, 0.15) is 17.6 Å². The third-order valence-corrected chi connectivity index (χ3v) is 13.6. The number of rotatable bonds is 4. The van der Waals surface area contributed by atoms with E-state index in [1.54, 1.807) is 37.1 Å². The Balaban J connectivity index is 1.47. The van der Waals surface area contributed by atoms with Gasteiger partial charge in [0.15, 0.2) is 0 Å². The number of sulfonamides is 1. The first-order valence-electron chi connectivity index (χ1n) is 18.1. The second-order valence-electron chi connectivity index (χ2n) is 14.8. The first-order chi connectivity index (χ1) is 23.8. The first kappa shape index (κ1) is 36.6. The Kier molecular flexibility index (Phi) is 10.9. The van der Waals surface area contributed by atoms with Crippen LogP contribution in [0, 0.1) is 5.92 Å². The number of aryl methyl sites for hydroxylation is 1. The van der Waals surface area contributed by atoms with Crippen molar-refractivity contribution in [3.05, 3.63) is 70.0 Å². The number of likely N-dealkylation sites (N-methyl/N-ethyl adjacent to an activating group) is 1. The molecule has 1 spiro atoms. The average Bonchev–Trinajstić information content (AvgIpc) is 3.48. The summed E-state index contributed by atoms with van der Waals surface area (Å²) >= 11 is 6.44. The third-order valence-electron chi connectivity index (χ3n) is 11.4. The molecule has 6 rings (SSSR count). The first-order valence-corrected chi connectivity index (χ1v) is 20.0. The van der Waals surface area contributed by atoms with Crippen molar-refractivity contribution in [3.8, 4) is 5.75 Å². The van der Waals surface area contributed by atoms with Crippen LogP contribution < -0.4 is 14.4 Å². The fourth-order valence-electron chi connectivity index (χ4n) is 8.22. The van der Waals surface area contributed by atoms with Crippen molar-refractivity contribution in [3.63, 3.8) is 0 Å². The van der Waals surface area contributed by atoms with Crippen LogP contribution in [0.4, 0.5) is 10.1 Å². The summed E-state index contributed by atoms with van der Waals surface area (Å²) in [7, 11) is -2.38. The van der Waals surface area contributed by atoms with E-state index in [0.717, 1.165) is 44.9 Å². The number of amides is 2. The number of allylic oxidation sites excluding steroid dienone is 1. The summed E-state index contributed by atoms with van der Waals surface area (Å²) < 4.78 is 52.3. The lowest BCUT2D eigenvalue weighted by Crippen LogP contribution is -2.54. The van der Waals surface area contributed by atoms with Crippen molar-refractivity contribution in [1.29, 1.82) is 0 Å². The van der Waals surface area contributed by atoms with E-state index in [2.05, 4.69) is 22.6 Å². The topological polar surface area (TPSA) is 99.3 Å². The maximum absolute atomic E-state index is 16.6. The number of hydrogen-bond donors (Lipinski definition) is 1. The summed E-state index contributed by atoms with van der Waals surface area (Å²) in [6.07, 6.45) is 7.51. The van der Waals surface area contributed by atoms with Gasteiger partial charge in [0.05, 0.1) is 17.5 Å². The summed E-state index contributed by atoms with van der Waals surface area (Å²) in [5, 5.41) is -0.307. The monoisotopic (exact) mass is 728 g/mol. The summed E-state index contributed by atoms with van der Waals surface area (Å²) in [5.74, 6) is -1.51. The molecule has 0 unspecified atom stereocenters. The number of nitrogens with one attached hydrogen (secondary N) is 1. The number of ether oxygens (including phenoxy) is 1. The molecule has 1 saturated heterocycles. The van der Waals surface area contributed by atoms with Crippen molar-refractivity contribution >= 4 is 39.1 Å². The molecule has 5 atom stereocenters. The minimum absolute atomic E-state index is 0.0946. The van der Waals surface area contributed by atoms with Crippen LogP contribution in [-0.2, 0) is 26.7 Å². The van der Waals surface area contributed by atoms with Crippen molar-refractivity contribution in [1.82, 2.24) is 14.5 Å². The SMILES string of the molecule is CCCCN(C)C(=O)[C@H]1/C(F)=C/C[C@H](C)[C@@H](C)S(=O)(=O)NC(=O)c2ccc3c(c2)N(C[C@@H]2CCCN21)C[C@@]1(CCCc2cc(Cl)ccc21)CO3. The van der Waals surface area contributed by atoms with E-state index in [1.165, 1.54) is 24.1 Å². The van der Waals surface area contributed by atoms with Crippen molar-refractivity contribution in [2.75, 3.05) is 44.7 Å². The second kappa shape index (κ2) is 14.8. The van der Waals surface area contributed by atoms with E-state index in [1.807, 2.05) is 17.0 Å². The normalized spacial score (nSPS) is 29.5. The Labute approximate surface area is 301 Å². The number of unbranched alkanes of at least 4 members (excludes halogenated alkanes) is 1. The zero-order valence-electron chi connectivity index (χ0n) is 29.6. The summed E-state index contributed by atoms with van der Waals surface area (Å²) in [6.45, 7) is 7.81. The Hall–Kier alpha value is -3.15. The molecule has 9 nitrogen and oxygen atoms in total. The fraction of sp³-hybridized carbons (Fsp3) is 0.579. The minimum Gasteiger partial charge on any atom is -0.490 e. The van der Waals surface area contributed by atoms with Gasteiger partial charge in [0.2, 0.25) is 15.9 Å². The van der Waals surface area contributed by atoms with Crippen molar-refractivity contribution < 1.29 is 27.1 Å². The highest BCUT2D eigenvalue weighted by molar-refractivity contribution is 7.90. The largest absolute Gasteiger partial charge is 0.490 e. The van der Waals surface area contributed by atoms with E-state index in [9.17, 15) is 18.0 Å². The third kappa shape index (κ3) is 7.28. The molecule has 2 amide bonds. The molecule has 1 fully saturated rings. The van der Waals surface area contributed by atoms with Crippen molar-refractivity contribution in [2.24, 2.45) is 5.92 Å². The zero-order chi connectivity index (χ0) is 35.8. The van der Waals surface area contributed by atoms with Gasteiger partial charge in [-0.2, -0.15) is 0 Å². The number of halogens is 2. The predicted octanol–water partition coefficient (Wildman–Crippen LogP) is 6.25. The summed E-state index contributed by atoms with van der Waals surface area (Å²) in [5.41, 5.74) is 2.87. The van der Waals surface area contributed by atoms with Crippen LogP contribution in [0.15, 0.2) is 48.3 Å². The molecule has 2 bridgehead atoms.